The predicted molar refractivity (Wildman–Crippen MR) is 78.6 cm³/mol. The van der Waals surface area contributed by atoms with Gasteiger partial charge in [0.15, 0.2) is 0 Å². The molecule has 0 saturated heterocycles. The van der Waals surface area contributed by atoms with Crippen LogP contribution in [0.15, 0.2) is 58.3 Å². The van der Waals surface area contributed by atoms with Gasteiger partial charge in [0.25, 0.3) is 0 Å². The Morgan fingerprint density at radius 3 is 2.33 bits per heavy atom. The minimum absolute atomic E-state index is 0.149. The summed E-state index contributed by atoms with van der Waals surface area (Å²) in [6, 6.07) is 12.5. The van der Waals surface area contributed by atoms with Gasteiger partial charge in [0, 0.05) is 5.02 Å². The summed E-state index contributed by atoms with van der Waals surface area (Å²) in [7, 11) is -4.01. The maximum absolute atomic E-state index is 12.9. The zero-order valence-corrected chi connectivity index (χ0v) is 12.2. The summed E-state index contributed by atoms with van der Waals surface area (Å²) < 4.78 is 37.5. The van der Waals surface area contributed by atoms with Gasteiger partial charge in [-0.1, -0.05) is 29.8 Å². The van der Waals surface area contributed by atoms with E-state index >= 15 is 0 Å². The number of halogens is 2. The number of nitrogens with zero attached hydrogens (tertiary/aromatic N) is 1. The SMILES string of the molecule is N#C/C(=C\c1ccccc1Cl)S(=O)(=O)c1ccc(F)cc1. The van der Waals surface area contributed by atoms with E-state index < -0.39 is 20.6 Å². The molecule has 0 fully saturated rings. The van der Waals surface area contributed by atoms with Gasteiger partial charge in [-0.2, -0.15) is 5.26 Å². The van der Waals surface area contributed by atoms with Gasteiger partial charge in [-0.05, 0) is 42.0 Å². The Morgan fingerprint density at radius 1 is 1.14 bits per heavy atom. The molecule has 0 heterocycles. The number of allylic oxidation sites excluding steroid dienone is 1. The van der Waals surface area contributed by atoms with Crippen LogP contribution in [0.2, 0.25) is 5.02 Å². The number of hydrogen-bond donors (Lipinski definition) is 0. The average molecular weight is 322 g/mol. The van der Waals surface area contributed by atoms with Crippen LogP contribution in [0.4, 0.5) is 4.39 Å². The molecule has 0 spiro atoms. The second-order valence-electron chi connectivity index (χ2n) is 4.10. The van der Waals surface area contributed by atoms with E-state index in [2.05, 4.69) is 0 Å². The van der Waals surface area contributed by atoms with Crippen LogP contribution in [-0.2, 0) is 9.84 Å². The molecule has 106 valence electrons. The van der Waals surface area contributed by atoms with E-state index in [1.807, 2.05) is 0 Å². The normalized spacial score (nSPS) is 12.0. The van der Waals surface area contributed by atoms with Gasteiger partial charge in [0.1, 0.15) is 16.8 Å². The zero-order valence-electron chi connectivity index (χ0n) is 10.6. The highest BCUT2D eigenvalue weighted by Gasteiger charge is 2.21. The quantitative estimate of drug-likeness (QED) is 0.638. The van der Waals surface area contributed by atoms with Crippen molar-refractivity contribution in [3.63, 3.8) is 0 Å². The van der Waals surface area contributed by atoms with Crippen LogP contribution in [0.25, 0.3) is 6.08 Å². The lowest BCUT2D eigenvalue weighted by molar-refractivity contribution is 0.601. The van der Waals surface area contributed by atoms with Crippen molar-refractivity contribution in [1.29, 1.82) is 5.26 Å². The van der Waals surface area contributed by atoms with Crippen molar-refractivity contribution in [2.45, 2.75) is 4.90 Å². The number of benzene rings is 2. The molecule has 21 heavy (non-hydrogen) atoms. The second kappa shape index (κ2) is 6.08. The summed E-state index contributed by atoms with van der Waals surface area (Å²) in [5.41, 5.74) is 0.418. The molecule has 0 aromatic heterocycles. The molecule has 0 atom stereocenters. The zero-order chi connectivity index (χ0) is 15.5. The Kier molecular flexibility index (Phi) is 4.41. The molecule has 0 N–H and O–H groups in total. The maximum Gasteiger partial charge on any atom is 0.216 e. The maximum atomic E-state index is 12.9. The van der Waals surface area contributed by atoms with Crippen LogP contribution in [0, 0.1) is 17.1 Å². The molecule has 2 aromatic rings. The van der Waals surface area contributed by atoms with Gasteiger partial charge < -0.3 is 0 Å². The Labute approximate surface area is 126 Å². The lowest BCUT2D eigenvalue weighted by Crippen LogP contribution is -2.03. The van der Waals surface area contributed by atoms with Gasteiger partial charge in [-0.25, -0.2) is 12.8 Å². The lowest BCUT2D eigenvalue weighted by atomic mass is 10.2. The molecule has 0 saturated carbocycles. The molecular formula is C15H9ClFNO2S. The average Bonchev–Trinajstić information content (AvgIpc) is 2.46. The summed E-state index contributed by atoms with van der Waals surface area (Å²) >= 11 is 5.94. The van der Waals surface area contributed by atoms with Crippen molar-refractivity contribution in [3.05, 3.63) is 69.8 Å². The number of sulfone groups is 1. The Morgan fingerprint density at radius 2 is 1.76 bits per heavy atom. The minimum Gasteiger partial charge on any atom is -0.218 e. The third-order valence-corrected chi connectivity index (χ3v) is 4.74. The van der Waals surface area contributed by atoms with E-state index in [-0.39, 0.29) is 4.90 Å². The minimum atomic E-state index is -4.01. The Bertz CT molecular complexity index is 837. The molecule has 6 heteroatoms. The molecule has 2 aromatic carbocycles. The van der Waals surface area contributed by atoms with E-state index in [0.29, 0.717) is 10.6 Å². The fourth-order valence-electron chi connectivity index (χ4n) is 1.64. The smallest absolute Gasteiger partial charge is 0.216 e. The Hall–Kier alpha value is -2.16. The molecule has 0 aliphatic heterocycles. The van der Waals surface area contributed by atoms with E-state index in [0.717, 1.165) is 24.3 Å². The molecule has 0 aliphatic rings. The first kappa shape index (κ1) is 15.2. The van der Waals surface area contributed by atoms with Crippen molar-refractivity contribution in [1.82, 2.24) is 0 Å². The highest BCUT2D eigenvalue weighted by molar-refractivity contribution is 7.95. The standard InChI is InChI=1S/C15H9ClFNO2S/c16-15-4-2-1-3-11(15)9-14(10-18)21(19,20)13-7-5-12(17)6-8-13/h1-9H/b14-9+. The van der Waals surface area contributed by atoms with Crippen molar-refractivity contribution in [2.24, 2.45) is 0 Å². The number of hydrogen-bond acceptors (Lipinski definition) is 3. The van der Waals surface area contributed by atoms with Gasteiger partial charge >= 0.3 is 0 Å². The first-order chi connectivity index (χ1) is 9.95. The summed E-state index contributed by atoms with van der Waals surface area (Å²) in [6.07, 6.45) is 1.20. The third-order valence-electron chi connectivity index (χ3n) is 2.72. The first-order valence-corrected chi connectivity index (χ1v) is 7.68. The van der Waals surface area contributed by atoms with Crippen LogP contribution in [0.1, 0.15) is 5.56 Å². The summed E-state index contributed by atoms with van der Waals surface area (Å²) in [4.78, 5) is -0.606. The van der Waals surface area contributed by atoms with Gasteiger partial charge in [-0.3, -0.25) is 0 Å². The van der Waals surface area contributed by atoms with Crippen molar-refractivity contribution >= 4 is 27.5 Å². The van der Waals surface area contributed by atoms with Crippen molar-refractivity contribution < 1.29 is 12.8 Å². The van der Waals surface area contributed by atoms with Gasteiger partial charge in [0.2, 0.25) is 9.84 Å². The van der Waals surface area contributed by atoms with Crippen LogP contribution < -0.4 is 0 Å². The highest BCUT2D eigenvalue weighted by atomic mass is 35.5. The fraction of sp³-hybridized carbons (Fsp3) is 0. The monoisotopic (exact) mass is 321 g/mol. The topological polar surface area (TPSA) is 57.9 Å². The molecule has 0 radical (unpaired) electrons. The molecule has 3 nitrogen and oxygen atoms in total. The highest BCUT2D eigenvalue weighted by Crippen LogP contribution is 2.24. The van der Waals surface area contributed by atoms with Gasteiger partial charge in [0.05, 0.1) is 4.90 Å². The largest absolute Gasteiger partial charge is 0.218 e. The summed E-state index contributed by atoms with van der Waals surface area (Å²) in [5, 5.41) is 9.45. The van der Waals surface area contributed by atoms with Crippen LogP contribution >= 0.6 is 11.6 Å². The predicted octanol–water partition coefficient (Wildman–Crippen LogP) is 3.82. The molecule has 0 unspecified atom stereocenters. The van der Waals surface area contributed by atoms with E-state index in [9.17, 15) is 12.8 Å². The fourth-order valence-corrected chi connectivity index (χ4v) is 2.98. The molecule has 0 bridgehead atoms. The third kappa shape index (κ3) is 3.30. The lowest BCUT2D eigenvalue weighted by Gasteiger charge is -2.04. The van der Waals surface area contributed by atoms with Gasteiger partial charge in [-0.15, -0.1) is 0 Å². The molecule has 2 rings (SSSR count). The summed E-state index contributed by atoms with van der Waals surface area (Å²) in [5.74, 6) is -0.553. The molecule has 0 aliphatic carbocycles. The molecular weight excluding hydrogens is 313 g/mol. The van der Waals surface area contributed by atoms with Crippen molar-refractivity contribution in [3.8, 4) is 6.07 Å². The summed E-state index contributed by atoms with van der Waals surface area (Å²) in [6.45, 7) is 0. The second-order valence-corrected chi connectivity index (χ2v) is 6.42. The van der Waals surface area contributed by atoms with Crippen LogP contribution in [-0.4, -0.2) is 8.42 Å². The number of rotatable bonds is 3. The van der Waals surface area contributed by atoms with Crippen LogP contribution in [0.5, 0.6) is 0 Å². The molecule has 0 amide bonds. The van der Waals surface area contributed by atoms with Crippen LogP contribution in [0.3, 0.4) is 0 Å². The van der Waals surface area contributed by atoms with E-state index in [1.54, 1.807) is 30.3 Å². The first-order valence-electron chi connectivity index (χ1n) is 5.82. The number of nitriles is 1. The van der Waals surface area contributed by atoms with E-state index in [4.69, 9.17) is 16.9 Å². The van der Waals surface area contributed by atoms with E-state index in [1.165, 1.54) is 6.08 Å². The Balaban J connectivity index is 2.53. The van der Waals surface area contributed by atoms with Crippen molar-refractivity contribution in [2.75, 3.05) is 0 Å².